The molecular weight excluding hydrogens is 146 g/mol. The monoisotopic (exact) mass is 160 g/mol. The van der Waals surface area contributed by atoms with E-state index in [1.54, 1.807) is 0 Å². The summed E-state index contributed by atoms with van der Waals surface area (Å²) in [6, 6.07) is 12.1. The Morgan fingerprint density at radius 1 is 1.42 bits per heavy atom. The van der Waals surface area contributed by atoms with Gasteiger partial charge in [0.05, 0.1) is 0 Å². The Balaban J connectivity index is 2.19. The van der Waals surface area contributed by atoms with Crippen LogP contribution in [0.5, 0.6) is 0 Å². The van der Waals surface area contributed by atoms with Gasteiger partial charge in [-0.25, -0.2) is 0 Å². The first kappa shape index (κ1) is 7.81. The topological polar surface area (TPSA) is 3.24 Å². The highest BCUT2D eigenvalue weighted by Crippen LogP contribution is 2.29. The van der Waals surface area contributed by atoms with Crippen molar-refractivity contribution in [1.29, 1.82) is 0 Å². The van der Waals surface area contributed by atoms with Gasteiger partial charge in [-0.1, -0.05) is 24.3 Å². The zero-order chi connectivity index (χ0) is 8.39. The Morgan fingerprint density at radius 2 is 2.17 bits per heavy atom. The van der Waals surface area contributed by atoms with Crippen LogP contribution in [0, 0.1) is 6.07 Å². The number of hydrogen-bond donors (Lipinski definition) is 0. The third kappa shape index (κ3) is 1.37. The van der Waals surface area contributed by atoms with Crippen LogP contribution in [0.2, 0.25) is 0 Å². The molecule has 1 nitrogen and oxygen atoms in total. The quantitative estimate of drug-likeness (QED) is 0.609. The molecule has 1 aromatic rings. The highest BCUT2D eigenvalue weighted by atomic mass is 15.1. The second kappa shape index (κ2) is 3.28. The molecule has 0 amide bonds. The highest BCUT2D eigenvalue weighted by Gasteiger charge is 2.21. The molecule has 1 heteroatoms. The van der Waals surface area contributed by atoms with Crippen LogP contribution in [-0.4, -0.2) is 18.5 Å². The Bertz CT molecular complexity index is 242. The maximum Gasteiger partial charge on any atom is 0.0345 e. The van der Waals surface area contributed by atoms with Crippen LogP contribution in [0.15, 0.2) is 24.3 Å². The number of nitrogens with zero attached hydrogens (tertiary/aromatic N) is 1. The summed E-state index contributed by atoms with van der Waals surface area (Å²) in [6.45, 7) is 1.24. The van der Waals surface area contributed by atoms with Gasteiger partial charge in [0, 0.05) is 6.04 Å². The normalized spacial score (nSPS) is 24.6. The summed E-state index contributed by atoms with van der Waals surface area (Å²) in [5.41, 5.74) is 1.44. The molecule has 1 atom stereocenters. The summed E-state index contributed by atoms with van der Waals surface area (Å²) in [6.07, 6.45) is 2.64. The molecule has 12 heavy (non-hydrogen) atoms. The smallest absolute Gasteiger partial charge is 0.0345 e. The van der Waals surface area contributed by atoms with Crippen molar-refractivity contribution < 1.29 is 0 Å². The average Bonchev–Trinajstić information content (AvgIpc) is 2.53. The zero-order valence-corrected chi connectivity index (χ0v) is 7.46. The predicted octanol–water partition coefficient (Wildman–Crippen LogP) is 2.25. The minimum Gasteiger partial charge on any atom is -0.299 e. The van der Waals surface area contributed by atoms with Crippen LogP contribution in [0.4, 0.5) is 0 Å². The number of likely N-dealkylation sites (tertiary alicyclic amines) is 1. The van der Waals surface area contributed by atoms with Crippen LogP contribution < -0.4 is 0 Å². The molecule has 1 radical (unpaired) electrons. The Morgan fingerprint density at radius 3 is 2.75 bits per heavy atom. The minimum atomic E-state index is 0.652. The largest absolute Gasteiger partial charge is 0.299 e. The van der Waals surface area contributed by atoms with Gasteiger partial charge in [-0.2, -0.15) is 0 Å². The van der Waals surface area contributed by atoms with Gasteiger partial charge in [0.2, 0.25) is 0 Å². The van der Waals surface area contributed by atoms with Crippen molar-refractivity contribution in [3.05, 3.63) is 35.9 Å². The van der Waals surface area contributed by atoms with Crippen LogP contribution in [0.3, 0.4) is 0 Å². The molecule has 2 rings (SSSR count). The molecule has 1 aliphatic heterocycles. The van der Waals surface area contributed by atoms with Crippen molar-refractivity contribution in [2.75, 3.05) is 13.6 Å². The highest BCUT2D eigenvalue weighted by molar-refractivity contribution is 5.19. The molecular formula is C11H14N. The lowest BCUT2D eigenvalue weighted by molar-refractivity contribution is 0.317. The fraction of sp³-hybridized carbons (Fsp3) is 0.455. The molecule has 63 valence electrons. The zero-order valence-electron chi connectivity index (χ0n) is 7.46. The van der Waals surface area contributed by atoms with Crippen molar-refractivity contribution >= 4 is 0 Å². The van der Waals surface area contributed by atoms with Gasteiger partial charge < -0.3 is 0 Å². The lowest BCUT2D eigenvalue weighted by atomic mass is 10.1. The second-order valence-electron chi connectivity index (χ2n) is 3.47. The molecule has 0 aliphatic carbocycles. The van der Waals surface area contributed by atoms with E-state index in [-0.39, 0.29) is 0 Å². The van der Waals surface area contributed by atoms with Crippen LogP contribution in [0.1, 0.15) is 24.4 Å². The van der Waals surface area contributed by atoms with Crippen LogP contribution in [0.25, 0.3) is 0 Å². The minimum absolute atomic E-state index is 0.652. The molecule has 0 N–H and O–H groups in total. The lowest BCUT2D eigenvalue weighted by Crippen LogP contribution is -2.17. The van der Waals surface area contributed by atoms with Crippen LogP contribution >= 0.6 is 0 Å². The fourth-order valence-electron chi connectivity index (χ4n) is 1.95. The molecule has 0 saturated carbocycles. The molecule has 1 saturated heterocycles. The third-order valence-electron chi connectivity index (χ3n) is 2.65. The Kier molecular flexibility index (Phi) is 2.13. The fourth-order valence-corrected chi connectivity index (χ4v) is 1.95. The van der Waals surface area contributed by atoms with Gasteiger partial charge in [-0.3, -0.25) is 4.90 Å². The first-order valence-corrected chi connectivity index (χ1v) is 4.54. The molecule has 0 bridgehead atoms. The second-order valence-corrected chi connectivity index (χ2v) is 3.47. The maximum atomic E-state index is 3.05. The predicted molar refractivity (Wildman–Crippen MR) is 49.9 cm³/mol. The Hall–Kier alpha value is -0.820. The molecule has 0 aromatic heterocycles. The van der Waals surface area contributed by atoms with E-state index in [2.05, 4.69) is 30.1 Å². The lowest BCUT2D eigenvalue weighted by Gasteiger charge is -2.19. The first-order valence-electron chi connectivity index (χ1n) is 4.54. The summed E-state index contributed by atoms with van der Waals surface area (Å²) in [5, 5.41) is 0. The van der Waals surface area contributed by atoms with Gasteiger partial charge in [0.1, 0.15) is 0 Å². The molecule has 1 aliphatic rings. The van der Waals surface area contributed by atoms with E-state index in [1.807, 2.05) is 12.1 Å². The summed E-state index contributed by atoms with van der Waals surface area (Å²) in [7, 11) is 2.20. The van der Waals surface area contributed by atoms with E-state index in [9.17, 15) is 0 Å². The van der Waals surface area contributed by atoms with Gasteiger partial charge in [-0.15, -0.1) is 0 Å². The number of rotatable bonds is 1. The first-order chi connectivity index (χ1) is 5.88. The van der Waals surface area contributed by atoms with E-state index in [4.69, 9.17) is 0 Å². The number of benzene rings is 1. The molecule has 0 unspecified atom stereocenters. The van der Waals surface area contributed by atoms with E-state index >= 15 is 0 Å². The van der Waals surface area contributed by atoms with Crippen molar-refractivity contribution in [2.24, 2.45) is 0 Å². The van der Waals surface area contributed by atoms with Crippen molar-refractivity contribution in [3.8, 4) is 0 Å². The van der Waals surface area contributed by atoms with E-state index < -0.39 is 0 Å². The van der Waals surface area contributed by atoms with Gasteiger partial charge >= 0.3 is 0 Å². The van der Waals surface area contributed by atoms with E-state index in [0.29, 0.717) is 6.04 Å². The van der Waals surface area contributed by atoms with E-state index in [0.717, 1.165) is 0 Å². The summed E-state index contributed by atoms with van der Waals surface area (Å²) < 4.78 is 0. The Labute approximate surface area is 74.0 Å². The molecule has 1 fully saturated rings. The standard InChI is InChI=1S/C11H14N/c1-12-9-5-8-11(12)10-6-3-2-4-7-10/h3-4,6-7,11H,5,8-9H2,1H3/t11-/m0/s1. The summed E-state index contributed by atoms with van der Waals surface area (Å²) in [4.78, 5) is 2.43. The molecule has 1 aromatic carbocycles. The molecule has 0 spiro atoms. The van der Waals surface area contributed by atoms with Crippen LogP contribution in [-0.2, 0) is 0 Å². The summed E-state index contributed by atoms with van der Waals surface area (Å²) >= 11 is 0. The average molecular weight is 160 g/mol. The van der Waals surface area contributed by atoms with Gasteiger partial charge in [-0.05, 0) is 38.1 Å². The van der Waals surface area contributed by atoms with Gasteiger partial charge in [0.25, 0.3) is 0 Å². The SMILES string of the molecule is CN1CCC[C@H]1c1cc[c]cc1. The maximum absolute atomic E-state index is 3.05. The molecule has 1 heterocycles. The third-order valence-corrected chi connectivity index (χ3v) is 2.65. The van der Waals surface area contributed by atoms with Crippen molar-refractivity contribution in [1.82, 2.24) is 4.90 Å². The number of hydrogen-bond acceptors (Lipinski definition) is 1. The van der Waals surface area contributed by atoms with Crippen molar-refractivity contribution in [3.63, 3.8) is 0 Å². The van der Waals surface area contributed by atoms with E-state index in [1.165, 1.54) is 24.9 Å². The van der Waals surface area contributed by atoms with Crippen molar-refractivity contribution in [2.45, 2.75) is 18.9 Å². The van der Waals surface area contributed by atoms with Gasteiger partial charge in [0.15, 0.2) is 0 Å². The summed E-state index contributed by atoms with van der Waals surface area (Å²) in [5.74, 6) is 0.